The number of amides is 2. The molecule has 146 valence electrons. The van der Waals surface area contributed by atoms with Crippen molar-refractivity contribution in [2.45, 2.75) is 6.18 Å². The van der Waals surface area contributed by atoms with Crippen molar-refractivity contribution < 1.29 is 32.3 Å². The molecule has 0 fully saturated rings. The minimum Gasteiger partial charge on any atom is -0.465 e. The fourth-order valence-corrected chi connectivity index (χ4v) is 2.07. The average Bonchev–Trinajstić information content (AvgIpc) is 2.67. The van der Waals surface area contributed by atoms with E-state index < -0.39 is 29.5 Å². The number of ether oxygens (including phenoxy) is 1. The van der Waals surface area contributed by atoms with Gasteiger partial charge in [0.25, 0.3) is 0 Å². The predicted octanol–water partition coefficient (Wildman–Crippen LogP) is 2.58. The van der Waals surface area contributed by atoms with E-state index in [1.807, 2.05) is 5.43 Å². The van der Waals surface area contributed by atoms with E-state index >= 15 is 0 Å². The molecule has 0 atom stereocenters. The molecule has 0 radical (unpaired) electrons. The molecule has 0 saturated carbocycles. The molecule has 2 amide bonds. The lowest BCUT2D eigenvalue weighted by molar-refractivity contribution is -0.137. The Hall–Kier alpha value is -3.69. The molecule has 2 aromatic rings. The first kappa shape index (κ1) is 20.6. The summed E-state index contributed by atoms with van der Waals surface area (Å²) in [6.45, 7) is 0. The monoisotopic (exact) mass is 393 g/mol. The number of alkyl halides is 3. The minimum absolute atomic E-state index is 0.221. The maximum atomic E-state index is 12.9. The standard InChI is InChI=1S/C18H14F3N3O4/c1-28-17(27)11-6-8-13(9-7-11)23-15(25)16(26)24-22-10-12-4-2-3-5-14(12)18(19,20)21/h2-10H,1H3,(H,23,25)(H,24,26)/b22-10-. The molecule has 28 heavy (non-hydrogen) atoms. The van der Waals surface area contributed by atoms with E-state index in [-0.39, 0.29) is 16.8 Å². The van der Waals surface area contributed by atoms with Crippen molar-refractivity contribution in [2.24, 2.45) is 5.10 Å². The molecule has 0 aliphatic carbocycles. The first-order chi connectivity index (χ1) is 13.2. The topological polar surface area (TPSA) is 96.9 Å². The van der Waals surface area contributed by atoms with Crippen LogP contribution in [0.25, 0.3) is 0 Å². The first-order valence-electron chi connectivity index (χ1n) is 7.71. The van der Waals surface area contributed by atoms with Gasteiger partial charge in [0.1, 0.15) is 0 Å². The highest BCUT2D eigenvalue weighted by atomic mass is 19.4. The molecule has 7 nitrogen and oxygen atoms in total. The van der Waals surface area contributed by atoms with Crippen molar-refractivity contribution in [3.63, 3.8) is 0 Å². The van der Waals surface area contributed by atoms with Gasteiger partial charge in [0.2, 0.25) is 0 Å². The number of carbonyl (C=O) groups excluding carboxylic acids is 3. The molecule has 0 unspecified atom stereocenters. The van der Waals surface area contributed by atoms with Gasteiger partial charge in [0, 0.05) is 11.3 Å². The number of hydrogen-bond donors (Lipinski definition) is 2. The van der Waals surface area contributed by atoms with Crippen LogP contribution < -0.4 is 10.7 Å². The molecule has 0 spiro atoms. The Bertz CT molecular complexity index is 909. The van der Waals surface area contributed by atoms with E-state index in [0.717, 1.165) is 12.3 Å². The zero-order valence-electron chi connectivity index (χ0n) is 14.4. The third-order valence-corrected chi connectivity index (χ3v) is 3.41. The van der Waals surface area contributed by atoms with Crippen molar-refractivity contribution in [2.75, 3.05) is 12.4 Å². The van der Waals surface area contributed by atoms with E-state index in [0.29, 0.717) is 0 Å². The van der Waals surface area contributed by atoms with Crippen LogP contribution in [0, 0.1) is 0 Å². The van der Waals surface area contributed by atoms with E-state index in [1.165, 1.54) is 49.6 Å². The summed E-state index contributed by atoms with van der Waals surface area (Å²) < 4.78 is 43.1. The van der Waals surface area contributed by atoms with Gasteiger partial charge < -0.3 is 10.1 Å². The largest absolute Gasteiger partial charge is 0.465 e. The van der Waals surface area contributed by atoms with Crippen LogP contribution in [-0.2, 0) is 20.5 Å². The fourth-order valence-electron chi connectivity index (χ4n) is 2.07. The molecule has 0 aliphatic heterocycles. The van der Waals surface area contributed by atoms with E-state index in [1.54, 1.807) is 0 Å². The third kappa shape index (κ3) is 5.40. The molecule has 2 rings (SSSR count). The highest BCUT2D eigenvalue weighted by Crippen LogP contribution is 2.31. The van der Waals surface area contributed by atoms with Gasteiger partial charge in [0.05, 0.1) is 24.5 Å². The summed E-state index contributed by atoms with van der Waals surface area (Å²) in [5.74, 6) is -2.84. The van der Waals surface area contributed by atoms with E-state index in [9.17, 15) is 27.6 Å². The number of rotatable bonds is 4. The first-order valence-corrected chi connectivity index (χ1v) is 7.71. The van der Waals surface area contributed by atoms with Crippen molar-refractivity contribution in [1.82, 2.24) is 5.43 Å². The van der Waals surface area contributed by atoms with Crippen LogP contribution >= 0.6 is 0 Å². The second kappa shape index (κ2) is 8.80. The van der Waals surface area contributed by atoms with Gasteiger partial charge in [-0.05, 0) is 30.3 Å². The van der Waals surface area contributed by atoms with E-state index in [2.05, 4.69) is 15.2 Å². The molecule has 0 aromatic heterocycles. The molecular formula is C18H14F3N3O4. The summed E-state index contributed by atoms with van der Waals surface area (Å²) >= 11 is 0. The highest BCUT2D eigenvalue weighted by Gasteiger charge is 2.32. The van der Waals surface area contributed by atoms with Gasteiger partial charge in [-0.25, -0.2) is 10.2 Å². The lowest BCUT2D eigenvalue weighted by Crippen LogP contribution is -2.32. The Morgan fingerprint density at radius 2 is 1.64 bits per heavy atom. The second-order valence-electron chi connectivity index (χ2n) is 5.31. The molecule has 0 bridgehead atoms. The van der Waals surface area contributed by atoms with Crippen LogP contribution in [0.15, 0.2) is 53.6 Å². The van der Waals surface area contributed by atoms with Crippen LogP contribution in [0.5, 0.6) is 0 Å². The SMILES string of the molecule is COC(=O)c1ccc(NC(=O)C(=O)N/N=C\c2ccccc2C(F)(F)F)cc1. The number of methoxy groups -OCH3 is 1. The minimum atomic E-state index is -4.58. The smallest absolute Gasteiger partial charge is 0.417 e. The fraction of sp³-hybridized carbons (Fsp3) is 0.111. The van der Waals surface area contributed by atoms with Crippen LogP contribution in [-0.4, -0.2) is 31.1 Å². The number of nitrogens with zero attached hydrogens (tertiary/aromatic N) is 1. The highest BCUT2D eigenvalue weighted by molar-refractivity contribution is 6.39. The lowest BCUT2D eigenvalue weighted by atomic mass is 10.1. The number of carbonyl (C=O) groups is 3. The zero-order chi connectivity index (χ0) is 20.7. The number of hydrogen-bond acceptors (Lipinski definition) is 5. The maximum Gasteiger partial charge on any atom is 0.417 e. The quantitative estimate of drug-likeness (QED) is 0.361. The van der Waals surface area contributed by atoms with Crippen molar-refractivity contribution in [3.8, 4) is 0 Å². The Morgan fingerprint density at radius 3 is 2.25 bits per heavy atom. The van der Waals surface area contributed by atoms with Gasteiger partial charge in [-0.1, -0.05) is 18.2 Å². The number of esters is 1. The summed E-state index contributed by atoms with van der Waals surface area (Å²) in [4.78, 5) is 34.8. The number of nitrogens with one attached hydrogen (secondary N) is 2. The molecule has 2 N–H and O–H groups in total. The third-order valence-electron chi connectivity index (χ3n) is 3.41. The van der Waals surface area contributed by atoms with Crippen molar-refractivity contribution in [1.29, 1.82) is 0 Å². The van der Waals surface area contributed by atoms with Gasteiger partial charge >= 0.3 is 24.0 Å². The molecule has 0 aliphatic rings. The molecule has 0 heterocycles. The van der Waals surface area contributed by atoms with E-state index in [4.69, 9.17) is 0 Å². The number of hydrazone groups is 1. The van der Waals surface area contributed by atoms with Gasteiger partial charge in [0.15, 0.2) is 0 Å². The Morgan fingerprint density at radius 1 is 1.00 bits per heavy atom. The number of anilines is 1. The van der Waals surface area contributed by atoms with Crippen LogP contribution in [0.4, 0.5) is 18.9 Å². The summed E-state index contributed by atoms with van der Waals surface area (Å²) in [6.07, 6.45) is -3.79. The summed E-state index contributed by atoms with van der Waals surface area (Å²) in [5, 5.41) is 5.63. The molecule has 10 heteroatoms. The van der Waals surface area contributed by atoms with Crippen LogP contribution in [0.3, 0.4) is 0 Å². The maximum absolute atomic E-state index is 12.9. The Labute approximate surface area is 157 Å². The zero-order valence-corrected chi connectivity index (χ0v) is 14.4. The van der Waals surface area contributed by atoms with Gasteiger partial charge in [-0.15, -0.1) is 0 Å². The number of halogens is 3. The number of benzene rings is 2. The van der Waals surface area contributed by atoms with Gasteiger partial charge in [-0.3, -0.25) is 9.59 Å². The predicted molar refractivity (Wildman–Crippen MR) is 93.6 cm³/mol. The van der Waals surface area contributed by atoms with Crippen molar-refractivity contribution >= 4 is 29.7 Å². The van der Waals surface area contributed by atoms with Crippen LogP contribution in [0.1, 0.15) is 21.5 Å². The lowest BCUT2D eigenvalue weighted by Gasteiger charge is -2.09. The summed E-state index contributed by atoms with van der Waals surface area (Å²) in [7, 11) is 1.22. The Balaban J connectivity index is 1.97. The van der Waals surface area contributed by atoms with Gasteiger partial charge in [-0.2, -0.15) is 18.3 Å². The molecule has 2 aromatic carbocycles. The summed E-state index contributed by atoms with van der Waals surface area (Å²) in [6, 6.07) is 10.1. The molecular weight excluding hydrogens is 379 g/mol. The Kier molecular flexibility index (Phi) is 6.48. The normalized spacial score (nSPS) is 11.1. The molecule has 0 saturated heterocycles. The average molecular weight is 393 g/mol. The second-order valence-corrected chi connectivity index (χ2v) is 5.31. The summed E-state index contributed by atoms with van der Waals surface area (Å²) in [5.41, 5.74) is 1.12. The van der Waals surface area contributed by atoms with Crippen molar-refractivity contribution in [3.05, 3.63) is 65.2 Å². The van der Waals surface area contributed by atoms with Crippen LogP contribution in [0.2, 0.25) is 0 Å².